The smallest absolute Gasteiger partial charge is 0.372 e. The molecule has 1 atom stereocenters. The van der Waals surface area contributed by atoms with Crippen molar-refractivity contribution in [2.24, 2.45) is 11.5 Å². The number of hydrogen-bond acceptors (Lipinski definition) is 10. The van der Waals surface area contributed by atoms with Gasteiger partial charge < -0.3 is 47.2 Å². The number of carboxylic acids is 5. The highest BCUT2D eigenvalue weighted by Crippen LogP contribution is 1.93. The van der Waals surface area contributed by atoms with Gasteiger partial charge in [-0.2, -0.15) is 0 Å². The number of Topliss-reactive ketones (excluding diaryl/α,β-unsaturated/α-hetero) is 1. The average Bonchev–Trinajstić information content (AvgIpc) is 2.65. The second-order valence-corrected chi connectivity index (χ2v) is 5.44. The molecule has 15 nitrogen and oxygen atoms in total. The molecule has 32 heavy (non-hydrogen) atoms. The summed E-state index contributed by atoms with van der Waals surface area (Å²) in [6.07, 6.45) is -0.541. The Labute approximate surface area is 182 Å². The Kier molecular flexibility index (Phi) is 26.9. The van der Waals surface area contributed by atoms with Crippen LogP contribution in [0.25, 0.3) is 0 Å². The van der Waals surface area contributed by atoms with Gasteiger partial charge in [0.1, 0.15) is 6.04 Å². The van der Waals surface area contributed by atoms with Crippen molar-refractivity contribution < 1.29 is 64.5 Å². The summed E-state index contributed by atoms with van der Waals surface area (Å²) in [6.45, 7) is 3.51. The molecule has 0 saturated heterocycles. The highest BCUT2D eigenvalue weighted by Gasteiger charge is 2.12. The van der Waals surface area contributed by atoms with Gasteiger partial charge in [0.2, 0.25) is 5.78 Å². The second kappa shape index (κ2) is 23.9. The number of carbonyl (C=O) groups is 6. The Bertz CT molecular complexity index is 605. The van der Waals surface area contributed by atoms with Crippen LogP contribution in [0.2, 0.25) is 0 Å². The zero-order chi connectivity index (χ0) is 26.3. The van der Waals surface area contributed by atoms with Crippen LogP contribution in [-0.2, 0) is 28.8 Å². The van der Waals surface area contributed by atoms with Gasteiger partial charge in [-0.15, -0.1) is 6.58 Å². The first-order valence-corrected chi connectivity index (χ1v) is 8.69. The van der Waals surface area contributed by atoms with E-state index in [2.05, 4.69) is 6.58 Å². The van der Waals surface area contributed by atoms with Gasteiger partial charge in [0.05, 0.1) is 12.8 Å². The Morgan fingerprint density at radius 3 is 1.41 bits per heavy atom. The molecule has 0 heterocycles. The molecule has 0 amide bonds. The minimum atomic E-state index is -1.58. The van der Waals surface area contributed by atoms with E-state index < -0.39 is 60.8 Å². The third-order valence-corrected chi connectivity index (χ3v) is 2.53. The minimum Gasteiger partial charge on any atom is -0.481 e. The van der Waals surface area contributed by atoms with Crippen molar-refractivity contribution in [2.45, 2.75) is 50.9 Å². The number of ketones is 1. The first-order valence-electron chi connectivity index (χ1n) is 8.69. The molecule has 0 aliphatic carbocycles. The van der Waals surface area contributed by atoms with Crippen LogP contribution in [-0.4, -0.2) is 90.3 Å². The van der Waals surface area contributed by atoms with Gasteiger partial charge in [0.25, 0.3) is 0 Å². The summed E-state index contributed by atoms with van der Waals surface area (Å²) in [7, 11) is 0. The average molecular weight is 470 g/mol. The van der Waals surface area contributed by atoms with Gasteiger partial charge >= 0.3 is 29.8 Å². The maximum absolute atomic E-state index is 10.2. The quantitative estimate of drug-likeness (QED) is 0.0851. The van der Waals surface area contributed by atoms with E-state index in [1.807, 2.05) is 0 Å². The lowest BCUT2D eigenvalue weighted by atomic mass is 10.2. The van der Waals surface area contributed by atoms with E-state index in [-0.39, 0.29) is 32.2 Å². The fraction of sp³-hybridized carbons (Fsp3) is 0.529. The third kappa shape index (κ3) is 41.1. The Balaban J connectivity index is -0.000000168. The maximum atomic E-state index is 10.2. The third-order valence-electron chi connectivity index (χ3n) is 2.53. The summed E-state index contributed by atoms with van der Waals surface area (Å²) in [4.78, 5) is 59.1. The van der Waals surface area contributed by atoms with E-state index in [9.17, 15) is 28.8 Å². The Morgan fingerprint density at radius 1 is 0.781 bits per heavy atom. The number of aliphatic hydroxyl groups is 2. The molecule has 0 aromatic rings. The van der Waals surface area contributed by atoms with Gasteiger partial charge in [0, 0.05) is 25.8 Å². The molecule has 0 rings (SSSR count). The van der Waals surface area contributed by atoms with Crippen molar-refractivity contribution in [1.82, 2.24) is 0 Å². The zero-order valence-electron chi connectivity index (χ0n) is 17.1. The molecule has 0 fully saturated rings. The van der Waals surface area contributed by atoms with Crippen LogP contribution in [0, 0.1) is 0 Å². The lowest BCUT2D eigenvalue weighted by Gasteiger charge is -2.01. The lowest BCUT2D eigenvalue weighted by Crippen LogP contribution is -2.30. The van der Waals surface area contributed by atoms with Crippen LogP contribution >= 0.6 is 0 Å². The molecular formula is C17H30N2O13. The van der Waals surface area contributed by atoms with E-state index >= 15 is 0 Å². The fourth-order valence-electron chi connectivity index (χ4n) is 1.00. The van der Waals surface area contributed by atoms with E-state index in [4.69, 9.17) is 47.2 Å². The summed E-state index contributed by atoms with van der Waals surface area (Å²) in [5, 5.41) is 56.1. The maximum Gasteiger partial charge on any atom is 0.372 e. The molecule has 0 aliphatic heterocycles. The van der Waals surface area contributed by atoms with E-state index in [0.29, 0.717) is 0 Å². The normalized spacial score (nSPS) is 9.91. The molecule has 0 radical (unpaired) electrons. The Morgan fingerprint density at radius 2 is 1.22 bits per heavy atom. The van der Waals surface area contributed by atoms with Crippen molar-refractivity contribution >= 4 is 35.6 Å². The van der Waals surface area contributed by atoms with Gasteiger partial charge in [-0.05, 0) is 6.42 Å². The highest BCUT2D eigenvalue weighted by atomic mass is 16.5. The molecule has 0 aromatic carbocycles. The van der Waals surface area contributed by atoms with Crippen LogP contribution in [0.3, 0.4) is 0 Å². The number of aliphatic carboxylic acids is 5. The number of nitrogens with two attached hydrogens (primary N) is 2. The predicted octanol–water partition coefficient (Wildman–Crippen LogP) is -1.94. The number of carbonyl (C=O) groups excluding carboxylic acids is 1. The van der Waals surface area contributed by atoms with Crippen LogP contribution in [0.1, 0.15) is 38.5 Å². The van der Waals surface area contributed by atoms with Crippen molar-refractivity contribution in [3.05, 3.63) is 12.7 Å². The number of hydrogen-bond donors (Lipinski definition) is 9. The second-order valence-electron chi connectivity index (χ2n) is 5.44. The fourth-order valence-corrected chi connectivity index (χ4v) is 1.00. The van der Waals surface area contributed by atoms with E-state index in [1.165, 1.54) is 6.08 Å². The monoisotopic (exact) mass is 470 g/mol. The zero-order valence-corrected chi connectivity index (χ0v) is 17.1. The number of rotatable bonds is 12. The molecular weight excluding hydrogens is 440 g/mol. The van der Waals surface area contributed by atoms with Crippen LogP contribution < -0.4 is 11.5 Å². The SMILES string of the molecule is C=CCC(O)O.NC(CCC(=O)O)C(=O)O.NCCC(=O)O.O=C(O)CCC(=O)C(=O)O. The lowest BCUT2D eigenvalue weighted by molar-refractivity contribution is -0.150. The van der Waals surface area contributed by atoms with Gasteiger partial charge in [-0.1, -0.05) is 6.08 Å². The van der Waals surface area contributed by atoms with Gasteiger partial charge in [-0.25, -0.2) is 4.79 Å². The Hall–Kier alpha value is -3.40. The summed E-state index contributed by atoms with van der Waals surface area (Å²) >= 11 is 0. The van der Waals surface area contributed by atoms with Crippen molar-refractivity contribution in [2.75, 3.05) is 6.54 Å². The molecule has 186 valence electrons. The minimum absolute atomic E-state index is 0.0231. The standard InChI is InChI=1S/C5H9NO4.C5H6O5.C4H8O2.C3H7NO2/c2*6-3(5(9)10)1-2-4(7)8;1-2-3-4(5)6;4-2-1-3(5)6/h3H,1-2,6H2,(H,7,8)(H,9,10);1-2H2,(H,7,8)(H,9,10);2,4-6H,1,3H2;1-2,4H2,(H,5,6). The summed E-state index contributed by atoms with van der Waals surface area (Å²) < 4.78 is 0. The summed E-state index contributed by atoms with van der Waals surface area (Å²) in [6, 6.07) is -1.06. The van der Waals surface area contributed by atoms with Gasteiger partial charge in [-0.3, -0.25) is 24.0 Å². The molecule has 0 spiro atoms. The highest BCUT2D eigenvalue weighted by molar-refractivity contribution is 6.32. The first kappa shape index (κ1) is 36.0. The first-order chi connectivity index (χ1) is 14.6. The summed E-state index contributed by atoms with van der Waals surface area (Å²) in [5.74, 6) is -6.85. The van der Waals surface area contributed by atoms with E-state index in [0.717, 1.165) is 0 Å². The molecule has 0 saturated carbocycles. The predicted molar refractivity (Wildman–Crippen MR) is 106 cm³/mol. The van der Waals surface area contributed by atoms with Crippen LogP contribution in [0.15, 0.2) is 12.7 Å². The van der Waals surface area contributed by atoms with E-state index in [1.54, 1.807) is 0 Å². The molecule has 11 N–H and O–H groups in total. The largest absolute Gasteiger partial charge is 0.481 e. The van der Waals surface area contributed by atoms with Crippen LogP contribution in [0.5, 0.6) is 0 Å². The molecule has 0 aliphatic rings. The molecule has 0 bridgehead atoms. The van der Waals surface area contributed by atoms with Crippen molar-refractivity contribution in [3.8, 4) is 0 Å². The topological polar surface area (TPSA) is 296 Å². The van der Waals surface area contributed by atoms with Crippen LogP contribution in [0.4, 0.5) is 0 Å². The van der Waals surface area contributed by atoms with Crippen molar-refractivity contribution in [3.63, 3.8) is 0 Å². The number of aliphatic hydroxyl groups excluding tert-OH is 1. The van der Waals surface area contributed by atoms with Gasteiger partial charge in [0.15, 0.2) is 6.29 Å². The molecule has 0 aromatic heterocycles. The molecule has 1 unspecified atom stereocenters. The number of carboxylic acid groups (broad SMARTS) is 5. The van der Waals surface area contributed by atoms with Crippen molar-refractivity contribution in [1.29, 1.82) is 0 Å². The summed E-state index contributed by atoms with van der Waals surface area (Å²) in [5.41, 5.74) is 9.85. The molecule has 15 heteroatoms.